The number of rotatable bonds is 6. The van der Waals surface area contributed by atoms with Crippen molar-refractivity contribution in [1.29, 1.82) is 0 Å². The molecule has 0 saturated carbocycles. The first kappa shape index (κ1) is 17.8. The van der Waals surface area contributed by atoms with Crippen LogP contribution in [0.3, 0.4) is 0 Å². The Balaban J connectivity index is 2.05. The number of phenols is 1. The van der Waals surface area contributed by atoms with Crippen LogP contribution in [0.1, 0.15) is 12.5 Å². The highest BCUT2D eigenvalue weighted by atomic mass is 16.5. The Labute approximate surface area is 153 Å². The number of phenolic OH excluding ortho intramolecular Hbond substituents is 1. The monoisotopic (exact) mass is 349 g/mol. The Hall–Kier alpha value is -3.05. The van der Waals surface area contributed by atoms with Crippen molar-refractivity contribution >= 4 is 5.82 Å². The summed E-state index contributed by atoms with van der Waals surface area (Å²) in [6.07, 6.45) is 2.62. The van der Waals surface area contributed by atoms with Gasteiger partial charge in [0.05, 0.1) is 0 Å². The minimum absolute atomic E-state index is 0.225. The van der Waals surface area contributed by atoms with E-state index < -0.39 is 0 Å². The van der Waals surface area contributed by atoms with Gasteiger partial charge in [0.1, 0.15) is 23.9 Å². The van der Waals surface area contributed by atoms with Crippen molar-refractivity contribution in [1.82, 2.24) is 4.98 Å². The zero-order chi connectivity index (χ0) is 18.5. The van der Waals surface area contributed by atoms with Gasteiger partial charge in [0.15, 0.2) is 0 Å². The molecule has 0 unspecified atom stereocenters. The zero-order valence-electron chi connectivity index (χ0n) is 14.8. The second-order valence-corrected chi connectivity index (χ2v) is 5.97. The lowest BCUT2D eigenvalue weighted by Gasteiger charge is -2.16. The number of ether oxygens (including phenoxy) is 1. The minimum Gasteiger partial charge on any atom is -0.508 e. The summed E-state index contributed by atoms with van der Waals surface area (Å²) in [5.74, 6) is 1.50. The molecule has 5 heteroatoms. The number of aromatic nitrogens is 1. The Morgan fingerprint density at radius 2 is 1.65 bits per heavy atom. The van der Waals surface area contributed by atoms with Gasteiger partial charge < -0.3 is 21.3 Å². The van der Waals surface area contributed by atoms with E-state index in [1.165, 1.54) is 0 Å². The lowest BCUT2D eigenvalue weighted by molar-refractivity contribution is 0.328. The van der Waals surface area contributed by atoms with E-state index in [0.717, 1.165) is 40.0 Å². The van der Waals surface area contributed by atoms with Crippen LogP contribution in [-0.2, 0) is 6.42 Å². The largest absolute Gasteiger partial charge is 0.508 e. The number of nitrogen functional groups attached to an aromatic ring is 1. The number of nitrogens with two attached hydrogens (primary N) is 2. The fourth-order valence-corrected chi connectivity index (χ4v) is 3.04. The first-order valence-corrected chi connectivity index (χ1v) is 8.64. The average molecular weight is 349 g/mol. The van der Waals surface area contributed by atoms with Gasteiger partial charge in [-0.1, -0.05) is 31.2 Å². The van der Waals surface area contributed by atoms with Crippen molar-refractivity contribution in [3.05, 3.63) is 60.3 Å². The molecule has 5 N–H and O–H groups in total. The third-order valence-electron chi connectivity index (χ3n) is 4.28. The van der Waals surface area contributed by atoms with Gasteiger partial charge in [-0.05, 0) is 47.4 Å². The van der Waals surface area contributed by atoms with Crippen LogP contribution in [0.4, 0.5) is 5.82 Å². The first-order chi connectivity index (χ1) is 12.6. The van der Waals surface area contributed by atoms with Gasteiger partial charge in [0.2, 0.25) is 0 Å². The quantitative estimate of drug-likeness (QED) is 0.632. The van der Waals surface area contributed by atoms with Gasteiger partial charge in [-0.15, -0.1) is 0 Å². The molecule has 2 aromatic carbocycles. The van der Waals surface area contributed by atoms with E-state index in [-0.39, 0.29) is 5.75 Å². The van der Waals surface area contributed by atoms with Crippen molar-refractivity contribution in [3.8, 4) is 33.8 Å². The smallest absolute Gasteiger partial charge is 0.131 e. The lowest BCUT2D eigenvalue weighted by atomic mass is 9.92. The van der Waals surface area contributed by atoms with E-state index in [4.69, 9.17) is 16.2 Å². The van der Waals surface area contributed by atoms with Gasteiger partial charge in [0.25, 0.3) is 0 Å². The first-order valence-electron chi connectivity index (χ1n) is 8.64. The van der Waals surface area contributed by atoms with E-state index in [2.05, 4.69) is 11.9 Å². The van der Waals surface area contributed by atoms with Crippen LogP contribution in [0.25, 0.3) is 22.3 Å². The summed E-state index contributed by atoms with van der Waals surface area (Å²) in [7, 11) is 0. The third-order valence-corrected chi connectivity index (χ3v) is 4.28. The molecule has 5 nitrogen and oxygen atoms in total. The van der Waals surface area contributed by atoms with E-state index in [0.29, 0.717) is 19.0 Å². The molecule has 3 aromatic rings. The van der Waals surface area contributed by atoms with E-state index >= 15 is 0 Å². The normalized spacial score (nSPS) is 10.7. The average Bonchev–Trinajstić information content (AvgIpc) is 2.67. The summed E-state index contributed by atoms with van der Waals surface area (Å²) < 4.78 is 5.54. The fourth-order valence-electron chi connectivity index (χ4n) is 3.04. The van der Waals surface area contributed by atoms with Crippen LogP contribution in [0, 0.1) is 0 Å². The Morgan fingerprint density at radius 3 is 2.27 bits per heavy atom. The van der Waals surface area contributed by atoms with Gasteiger partial charge in [-0.3, -0.25) is 0 Å². The van der Waals surface area contributed by atoms with Crippen LogP contribution >= 0.6 is 0 Å². The summed E-state index contributed by atoms with van der Waals surface area (Å²) in [5, 5.41) is 9.55. The summed E-state index contributed by atoms with van der Waals surface area (Å²) in [6, 6.07) is 14.9. The van der Waals surface area contributed by atoms with Gasteiger partial charge in [-0.25, -0.2) is 4.98 Å². The summed E-state index contributed by atoms with van der Waals surface area (Å²) in [5.41, 5.74) is 16.7. The molecular formula is C21H23N3O2. The molecule has 134 valence electrons. The number of benzene rings is 2. The molecule has 1 heterocycles. The molecule has 0 fully saturated rings. The lowest BCUT2D eigenvalue weighted by Crippen LogP contribution is -2.10. The van der Waals surface area contributed by atoms with Crippen LogP contribution < -0.4 is 16.2 Å². The van der Waals surface area contributed by atoms with Crippen molar-refractivity contribution in [2.24, 2.45) is 5.73 Å². The van der Waals surface area contributed by atoms with Crippen molar-refractivity contribution in [2.45, 2.75) is 13.3 Å². The number of anilines is 1. The maximum Gasteiger partial charge on any atom is 0.131 e. The van der Waals surface area contributed by atoms with E-state index in [1.807, 2.05) is 42.6 Å². The predicted molar refractivity (Wildman–Crippen MR) is 105 cm³/mol. The topological polar surface area (TPSA) is 94.4 Å². The predicted octanol–water partition coefficient (Wildman–Crippen LogP) is 3.60. The molecule has 0 aliphatic rings. The minimum atomic E-state index is 0.225. The fraction of sp³-hybridized carbons (Fsp3) is 0.190. The molecule has 0 atom stereocenters. The van der Waals surface area contributed by atoms with Crippen LogP contribution in [-0.4, -0.2) is 23.2 Å². The Bertz CT molecular complexity index is 875. The molecule has 0 radical (unpaired) electrons. The van der Waals surface area contributed by atoms with Gasteiger partial charge in [-0.2, -0.15) is 0 Å². The van der Waals surface area contributed by atoms with Crippen LogP contribution in [0.5, 0.6) is 11.5 Å². The summed E-state index contributed by atoms with van der Waals surface area (Å²) in [6.45, 7) is 3.08. The number of nitrogens with zero attached hydrogens (tertiary/aromatic N) is 1. The molecule has 0 amide bonds. The molecule has 1 aromatic heterocycles. The van der Waals surface area contributed by atoms with Gasteiger partial charge in [0, 0.05) is 23.9 Å². The number of pyridine rings is 1. The molecule has 0 spiro atoms. The highest BCUT2D eigenvalue weighted by Crippen LogP contribution is 2.36. The van der Waals surface area contributed by atoms with E-state index in [1.54, 1.807) is 12.1 Å². The van der Waals surface area contributed by atoms with E-state index in [9.17, 15) is 5.11 Å². The second kappa shape index (κ2) is 7.89. The molecule has 0 aliphatic heterocycles. The maximum absolute atomic E-state index is 9.55. The molecule has 0 bridgehead atoms. The van der Waals surface area contributed by atoms with Gasteiger partial charge >= 0.3 is 0 Å². The number of hydrogen-bond acceptors (Lipinski definition) is 5. The van der Waals surface area contributed by atoms with Crippen molar-refractivity contribution in [3.63, 3.8) is 0 Å². The molecular weight excluding hydrogens is 326 g/mol. The summed E-state index contributed by atoms with van der Waals surface area (Å²) in [4.78, 5) is 4.40. The Morgan fingerprint density at radius 1 is 1.00 bits per heavy atom. The highest BCUT2D eigenvalue weighted by molar-refractivity contribution is 5.84. The van der Waals surface area contributed by atoms with Crippen molar-refractivity contribution in [2.75, 3.05) is 18.9 Å². The summed E-state index contributed by atoms with van der Waals surface area (Å²) >= 11 is 0. The zero-order valence-corrected chi connectivity index (χ0v) is 14.8. The SMILES string of the molecule is CCc1c(-c2ccc(OCCN)cc2)cnc(N)c1-c1ccc(O)cc1. The Kier molecular flexibility index (Phi) is 5.39. The second-order valence-electron chi connectivity index (χ2n) is 5.97. The molecule has 3 rings (SSSR count). The maximum atomic E-state index is 9.55. The molecule has 0 saturated heterocycles. The number of aromatic hydroxyl groups is 1. The third kappa shape index (κ3) is 3.63. The molecule has 0 aliphatic carbocycles. The van der Waals surface area contributed by atoms with Crippen LogP contribution in [0.2, 0.25) is 0 Å². The van der Waals surface area contributed by atoms with Crippen LogP contribution in [0.15, 0.2) is 54.7 Å². The standard InChI is InChI=1S/C21H23N3O2/c1-2-18-19(14-5-9-17(10-6-14)26-12-11-22)13-24-21(23)20(18)15-3-7-16(25)8-4-15/h3-10,13,25H,2,11-12,22H2,1H3,(H2,23,24). The molecule has 26 heavy (non-hydrogen) atoms. The van der Waals surface area contributed by atoms with Crippen molar-refractivity contribution < 1.29 is 9.84 Å². The highest BCUT2D eigenvalue weighted by Gasteiger charge is 2.15. The number of hydrogen-bond donors (Lipinski definition) is 3.